The van der Waals surface area contributed by atoms with Gasteiger partial charge in [-0.25, -0.2) is 12.8 Å². The molecule has 0 fully saturated rings. The van der Waals surface area contributed by atoms with Gasteiger partial charge in [0.15, 0.2) is 0 Å². The second kappa shape index (κ2) is 12.6. The molecular formula is C30H21Cl3F4N2O4S. The van der Waals surface area contributed by atoms with Crippen LogP contribution in [0.1, 0.15) is 22.3 Å². The number of nitrogens with one attached hydrogen (secondary N) is 1. The number of rotatable bonds is 7. The van der Waals surface area contributed by atoms with Gasteiger partial charge in [-0.05, 0) is 71.6 Å². The highest BCUT2D eigenvalue weighted by Gasteiger charge is 2.35. The molecule has 1 heterocycles. The van der Waals surface area contributed by atoms with Gasteiger partial charge < -0.3 is 10.1 Å². The Morgan fingerprint density at radius 1 is 0.909 bits per heavy atom. The smallest absolute Gasteiger partial charge is 0.419 e. The summed E-state index contributed by atoms with van der Waals surface area (Å²) in [5, 5.41) is 3.40. The SMILES string of the molecule is O=C(Cc1cccc(C(F)(F)F)c1F)Nc1c(Cl)ccc2c1CCN(S(=O)(=O)c1ccc(Oc3ccc(Cl)c(Cl)c3)cc1)C2. The van der Waals surface area contributed by atoms with Crippen LogP contribution >= 0.6 is 34.8 Å². The maximum Gasteiger partial charge on any atom is 0.419 e. The average molecular weight is 688 g/mol. The zero-order valence-corrected chi connectivity index (χ0v) is 25.5. The molecule has 0 saturated heterocycles. The molecule has 0 unspecified atom stereocenters. The van der Waals surface area contributed by atoms with E-state index in [2.05, 4.69) is 5.32 Å². The van der Waals surface area contributed by atoms with E-state index >= 15 is 0 Å². The van der Waals surface area contributed by atoms with Gasteiger partial charge in [0, 0.05) is 19.2 Å². The molecule has 1 amide bonds. The second-order valence-corrected chi connectivity index (χ2v) is 13.0. The highest BCUT2D eigenvalue weighted by molar-refractivity contribution is 7.89. The fourth-order valence-electron chi connectivity index (χ4n) is 4.74. The van der Waals surface area contributed by atoms with E-state index in [4.69, 9.17) is 39.5 Å². The number of hydrogen-bond acceptors (Lipinski definition) is 4. The summed E-state index contributed by atoms with van der Waals surface area (Å²) in [5.74, 6) is -1.50. The quantitative estimate of drug-likeness (QED) is 0.198. The van der Waals surface area contributed by atoms with Crippen molar-refractivity contribution >= 4 is 56.4 Å². The Morgan fingerprint density at radius 2 is 1.59 bits per heavy atom. The van der Waals surface area contributed by atoms with Crippen molar-refractivity contribution in [1.82, 2.24) is 4.31 Å². The fraction of sp³-hybridized carbons (Fsp3) is 0.167. The third kappa shape index (κ3) is 6.82. The maximum atomic E-state index is 14.5. The summed E-state index contributed by atoms with van der Waals surface area (Å²) in [6.45, 7) is 0.0316. The van der Waals surface area contributed by atoms with Crippen molar-refractivity contribution in [3.8, 4) is 11.5 Å². The van der Waals surface area contributed by atoms with E-state index in [0.717, 1.165) is 12.1 Å². The number of hydrogen-bond donors (Lipinski definition) is 1. The van der Waals surface area contributed by atoms with E-state index in [1.165, 1.54) is 40.7 Å². The van der Waals surface area contributed by atoms with Crippen LogP contribution in [0.25, 0.3) is 0 Å². The minimum Gasteiger partial charge on any atom is -0.457 e. The molecule has 4 aromatic carbocycles. The Kier molecular flexibility index (Phi) is 9.16. The van der Waals surface area contributed by atoms with Crippen molar-refractivity contribution in [3.63, 3.8) is 0 Å². The zero-order valence-electron chi connectivity index (χ0n) is 22.4. The van der Waals surface area contributed by atoms with Crippen LogP contribution in [-0.2, 0) is 40.4 Å². The number of benzene rings is 4. The van der Waals surface area contributed by atoms with Crippen LogP contribution in [0.4, 0.5) is 23.2 Å². The minimum atomic E-state index is -4.91. The topological polar surface area (TPSA) is 75.7 Å². The summed E-state index contributed by atoms with van der Waals surface area (Å²) in [4.78, 5) is 12.8. The molecule has 0 radical (unpaired) electrons. The molecule has 0 bridgehead atoms. The van der Waals surface area contributed by atoms with E-state index in [1.807, 2.05) is 0 Å². The lowest BCUT2D eigenvalue weighted by Gasteiger charge is -2.30. The Hall–Kier alpha value is -3.35. The van der Waals surface area contributed by atoms with Crippen LogP contribution < -0.4 is 10.1 Å². The van der Waals surface area contributed by atoms with Crippen molar-refractivity contribution in [2.45, 2.75) is 30.5 Å². The number of anilines is 1. The van der Waals surface area contributed by atoms with Gasteiger partial charge in [-0.15, -0.1) is 0 Å². The number of halogens is 7. The normalized spacial score (nSPS) is 13.8. The lowest BCUT2D eigenvalue weighted by atomic mass is 9.98. The molecule has 6 nitrogen and oxygen atoms in total. The molecule has 0 aromatic heterocycles. The molecule has 5 rings (SSSR count). The molecule has 0 atom stereocenters. The van der Waals surface area contributed by atoms with E-state index in [9.17, 15) is 30.8 Å². The molecule has 1 N–H and O–H groups in total. The lowest BCUT2D eigenvalue weighted by Crippen LogP contribution is -2.36. The van der Waals surface area contributed by atoms with Crippen molar-refractivity contribution in [2.75, 3.05) is 11.9 Å². The van der Waals surface area contributed by atoms with Crippen LogP contribution in [0.15, 0.2) is 77.7 Å². The largest absolute Gasteiger partial charge is 0.457 e. The van der Waals surface area contributed by atoms with Gasteiger partial charge in [-0.2, -0.15) is 17.5 Å². The molecule has 0 saturated carbocycles. The minimum absolute atomic E-state index is 0.0263. The summed E-state index contributed by atoms with van der Waals surface area (Å²) in [6.07, 6.45) is -5.39. The summed E-state index contributed by atoms with van der Waals surface area (Å²) in [6, 6.07) is 16.4. The Bertz CT molecular complexity index is 1850. The molecule has 4 aromatic rings. The van der Waals surface area contributed by atoms with Crippen LogP contribution in [0.5, 0.6) is 11.5 Å². The number of carbonyl (C=O) groups is 1. The molecular weight excluding hydrogens is 667 g/mol. The summed E-state index contributed by atoms with van der Waals surface area (Å²) in [5.41, 5.74) is -0.546. The molecule has 0 spiro atoms. The van der Waals surface area contributed by atoms with Crippen LogP contribution in [0, 0.1) is 5.82 Å². The van der Waals surface area contributed by atoms with Crippen molar-refractivity contribution in [1.29, 1.82) is 0 Å². The Labute approximate surface area is 265 Å². The number of sulfonamides is 1. The Balaban J connectivity index is 1.30. The van der Waals surface area contributed by atoms with Crippen LogP contribution in [-0.4, -0.2) is 25.2 Å². The molecule has 14 heteroatoms. The Morgan fingerprint density at radius 3 is 2.27 bits per heavy atom. The first-order chi connectivity index (χ1) is 20.7. The number of carbonyl (C=O) groups excluding carboxylic acids is 1. The molecule has 44 heavy (non-hydrogen) atoms. The number of ether oxygens (including phenoxy) is 1. The first-order valence-corrected chi connectivity index (χ1v) is 15.5. The standard InChI is InChI=1S/C30H21Cl3F4N2O4S/c31-24-11-7-20(15-26(24)33)43-19-5-8-21(9-6-19)44(41,42)39-13-12-22-18(16-39)4-10-25(32)29(22)38-27(40)14-17-2-1-3-23(28(17)34)30(35,36)37/h1-11,15H,12-14,16H2,(H,38,40). The molecule has 0 aliphatic carbocycles. The first-order valence-electron chi connectivity index (χ1n) is 12.9. The van der Waals surface area contributed by atoms with Gasteiger partial charge in [-0.1, -0.05) is 53.0 Å². The number of fused-ring (bicyclic) bond motifs is 1. The van der Waals surface area contributed by atoms with Gasteiger partial charge in [0.25, 0.3) is 0 Å². The third-order valence-electron chi connectivity index (χ3n) is 6.90. The van der Waals surface area contributed by atoms with Gasteiger partial charge in [0.05, 0.1) is 37.6 Å². The fourth-order valence-corrected chi connectivity index (χ4v) is 6.67. The van der Waals surface area contributed by atoms with E-state index in [1.54, 1.807) is 18.2 Å². The van der Waals surface area contributed by atoms with E-state index < -0.39 is 45.5 Å². The maximum absolute atomic E-state index is 14.5. The van der Waals surface area contributed by atoms with Crippen molar-refractivity contribution in [2.24, 2.45) is 0 Å². The summed E-state index contributed by atoms with van der Waals surface area (Å²) < 4.78 is 87.6. The van der Waals surface area contributed by atoms with Gasteiger partial charge in [0.2, 0.25) is 15.9 Å². The van der Waals surface area contributed by atoms with Crippen LogP contribution in [0.2, 0.25) is 15.1 Å². The predicted molar refractivity (Wildman–Crippen MR) is 159 cm³/mol. The van der Waals surface area contributed by atoms with Crippen LogP contribution in [0.3, 0.4) is 0 Å². The summed E-state index contributed by atoms with van der Waals surface area (Å²) >= 11 is 18.3. The lowest BCUT2D eigenvalue weighted by molar-refractivity contribution is -0.140. The number of amides is 1. The van der Waals surface area contributed by atoms with Gasteiger partial charge >= 0.3 is 6.18 Å². The molecule has 1 aliphatic heterocycles. The van der Waals surface area contributed by atoms with Gasteiger partial charge in [0.1, 0.15) is 17.3 Å². The highest BCUT2D eigenvalue weighted by Crippen LogP contribution is 2.36. The van der Waals surface area contributed by atoms with Crippen molar-refractivity contribution in [3.05, 3.63) is 116 Å². The summed E-state index contributed by atoms with van der Waals surface area (Å²) in [7, 11) is -3.93. The number of alkyl halides is 3. The third-order valence-corrected chi connectivity index (χ3v) is 9.82. The number of nitrogens with zero attached hydrogens (tertiary/aromatic N) is 1. The molecule has 230 valence electrons. The monoisotopic (exact) mass is 686 g/mol. The van der Waals surface area contributed by atoms with Crippen molar-refractivity contribution < 1.29 is 35.5 Å². The first kappa shape index (κ1) is 32.1. The van der Waals surface area contributed by atoms with E-state index in [-0.39, 0.29) is 35.1 Å². The average Bonchev–Trinajstić information content (AvgIpc) is 2.97. The second-order valence-electron chi connectivity index (χ2n) is 9.80. The highest BCUT2D eigenvalue weighted by atomic mass is 35.5. The van der Waals surface area contributed by atoms with Gasteiger partial charge in [-0.3, -0.25) is 4.79 Å². The zero-order chi connectivity index (χ0) is 31.8. The predicted octanol–water partition coefficient (Wildman–Crippen LogP) is 8.53. The van der Waals surface area contributed by atoms with E-state index in [0.29, 0.717) is 38.7 Å². The molecule has 1 aliphatic rings.